The standard InChI is InChI=1S/C17H11N3O5S/c18-17-19-15(21)14(26-17)9-10-1-7-13(8-2-10)25-16(22)11-3-5-12(6-4-11)20(23)24/h1-9H,(H2,18,19,21)/b14-9+. The number of aliphatic imine (C=N–C) groups is 1. The van der Waals surface area contributed by atoms with Gasteiger partial charge in [0.2, 0.25) is 0 Å². The first-order valence-corrected chi connectivity index (χ1v) is 8.09. The highest BCUT2D eigenvalue weighted by atomic mass is 32.2. The molecule has 2 N–H and O–H groups in total. The molecule has 0 bridgehead atoms. The quantitative estimate of drug-likeness (QED) is 0.289. The van der Waals surface area contributed by atoms with Crippen LogP contribution < -0.4 is 10.5 Å². The van der Waals surface area contributed by atoms with Gasteiger partial charge in [-0.25, -0.2) is 4.79 Å². The van der Waals surface area contributed by atoms with Gasteiger partial charge < -0.3 is 10.5 Å². The number of hydrogen-bond donors (Lipinski definition) is 1. The van der Waals surface area contributed by atoms with E-state index in [1.165, 1.54) is 24.3 Å². The van der Waals surface area contributed by atoms with E-state index in [1.54, 1.807) is 30.3 Å². The molecule has 0 atom stereocenters. The lowest BCUT2D eigenvalue weighted by Gasteiger charge is -2.05. The number of hydrogen-bond acceptors (Lipinski definition) is 7. The van der Waals surface area contributed by atoms with Crippen LogP contribution in [0.4, 0.5) is 5.69 Å². The zero-order valence-electron chi connectivity index (χ0n) is 13.1. The molecule has 1 aliphatic rings. The topological polar surface area (TPSA) is 125 Å². The van der Waals surface area contributed by atoms with Gasteiger partial charge in [-0.05, 0) is 47.7 Å². The molecule has 0 radical (unpaired) electrons. The first-order valence-electron chi connectivity index (χ1n) is 7.27. The Bertz CT molecular complexity index is 949. The zero-order chi connectivity index (χ0) is 18.7. The number of amides is 1. The van der Waals surface area contributed by atoms with Crippen LogP contribution in [0.15, 0.2) is 58.4 Å². The lowest BCUT2D eigenvalue weighted by molar-refractivity contribution is -0.384. The van der Waals surface area contributed by atoms with Crippen LogP contribution >= 0.6 is 11.8 Å². The Balaban J connectivity index is 1.67. The van der Waals surface area contributed by atoms with Crippen molar-refractivity contribution in [2.24, 2.45) is 10.7 Å². The fraction of sp³-hybridized carbons (Fsp3) is 0. The Hall–Kier alpha value is -3.46. The van der Waals surface area contributed by atoms with Gasteiger partial charge in [0.1, 0.15) is 5.75 Å². The van der Waals surface area contributed by atoms with Crippen LogP contribution in [0.3, 0.4) is 0 Å². The van der Waals surface area contributed by atoms with Crippen molar-refractivity contribution in [1.29, 1.82) is 0 Å². The molecule has 0 aliphatic carbocycles. The summed E-state index contributed by atoms with van der Waals surface area (Å²) in [5.41, 5.74) is 6.30. The predicted molar refractivity (Wildman–Crippen MR) is 96.7 cm³/mol. The Morgan fingerprint density at radius 2 is 1.81 bits per heavy atom. The van der Waals surface area contributed by atoms with Gasteiger partial charge in [-0.15, -0.1) is 0 Å². The summed E-state index contributed by atoms with van der Waals surface area (Å²) in [6.45, 7) is 0. The molecule has 2 aromatic rings. The van der Waals surface area contributed by atoms with Crippen LogP contribution in [0.5, 0.6) is 5.75 Å². The van der Waals surface area contributed by atoms with Gasteiger partial charge in [-0.2, -0.15) is 4.99 Å². The van der Waals surface area contributed by atoms with E-state index >= 15 is 0 Å². The molecular weight excluding hydrogens is 358 g/mol. The maximum Gasteiger partial charge on any atom is 0.343 e. The third-order valence-electron chi connectivity index (χ3n) is 3.34. The van der Waals surface area contributed by atoms with Crippen LogP contribution in [0.2, 0.25) is 0 Å². The van der Waals surface area contributed by atoms with E-state index in [0.717, 1.165) is 17.3 Å². The lowest BCUT2D eigenvalue weighted by Crippen LogP contribution is -2.08. The van der Waals surface area contributed by atoms with Crippen molar-refractivity contribution in [2.45, 2.75) is 0 Å². The Labute approximate surface area is 151 Å². The van der Waals surface area contributed by atoms with Gasteiger partial charge >= 0.3 is 5.97 Å². The first-order chi connectivity index (χ1) is 12.4. The van der Waals surface area contributed by atoms with Gasteiger partial charge in [0, 0.05) is 12.1 Å². The third kappa shape index (κ3) is 3.95. The van der Waals surface area contributed by atoms with Gasteiger partial charge in [0.15, 0.2) is 5.17 Å². The van der Waals surface area contributed by atoms with E-state index < -0.39 is 10.9 Å². The maximum atomic E-state index is 12.1. The van der Waals surface area contributed by atoms with Crippen molar-refractivity contribution in [3.8, 4) is 5.75 Å². The molecule has 130 valence electrons. The van der Waals surface area contributed by atoms with E-state index in [9.17, 15) is 19.7 Å². The highest BCUT2D eigenvalue weighted by Crippen LogP contribution is 2.27. The number of rotatable bonds is 4. The molecule has 0 saturated heterocycles. The molecule has 9 heteroatoms. The molecule has 1 aliphatic heterocycles. The largest absolute Gasteiger partial charge is 0.423 e. The molecular formula is C17H11N3O5S. The number of nitro benzene ring substituents is 1. The monoisotopic (exact) mass is 369 g/mol. The Morgan fingerprint density at radius 1 is 1.15 bits per heavy atom. The summed E-state index contributed by atoms with van der Waals surface area (Å²) in [6, 6.07) is 11.6. The number of nitrogens with two attached hydrogens (primary N) is 1. The van der Waals surface area contributed by atoms with Crippen molar-refractivity contribution in [3.05, 3.63) is 74.7 Å². The van der Waals surface area contributed by atoms with E-state index in [2.05, 4.69) is 4.99 Å². The number of nitrogens with zero attached hydrogens (tertiary/aromatic N) is 2. The van der Waals surface area contributed by atoms with Crippen LogP contribution in [-0.4, -0.2) is 22.0 Å². The van der Waals surface area contributed by atoms with E-state index in [0.29, 0.717) is 10.7 Å². The average Bonchev–Trinajstić information content (AvgIpc) is 2.94. The number of nitro groups is 1. The molecule has 0 spiro atoms. The minimum absolute atomic E-state index is 0.108. The lowest BCUT2D eigenvalue weighted by atomic mass is 10.2. The molecule has 0 aromatic heterocycles. The first kappa shape index (κ1) is 17.4. The van der Waals surface area contributed by atoms with Crippen LogP contribution in [0.1, 0.15) is 15.9 Å². The van der Waals surface area contributed by atoms with Crippen molar-refractivity contribution >= 4 is 40.6 Å². The van der Waals surface area contributed by atoms with E-state index in [1.807, 2.05) is 0 Å². The summed E-state index contributed by atoms with van der Waals surface area (Å²) in [4.78, 5) is 37.7. The summed E-state index contributed by atoms with van der Waals surface area (Å²) >= 11 is 1.09. The molecule has 1 amide bonds. The second-order valence-corrected chi connectivity index (χ2v) is 6.19. The van der Waals surface area contributed by atoms with Crippen LogP contribution in [0.25, 0.3) is 6.08 Å². The summed E-state index contributed by atoms with van der Waals surface area (Å²) in [7, 11) is 0. The van der Waals surface area contributed by atoms with Crippen LogP contribution in [0, 0.1) is 10.1 Å². The van der Waals surface area contributed by atoms with Crippen LogP contribution in [-0.2, 0) is 4.79 Å². The molecule has 0 saturated carbocycles. The number of amidine groups is 1. The number of esters is 1. The number of carbonyl (C=O) groups is 2. The molecule has 2 aromatic carbocycles. The van der Waals surface area contributed by atoms with Gasteiger partial charge in [0.25, 0.3) is 11.6 Å². The molecule has 1 heterocycles. The summed E-state index contributed by atoms with van der Waals surface area (Å²) in [5.74, 6) is -0.716. The van der Waals surface area contributed by atoms with Crippen molar-refractivity contribution < 1.29 is 19.2 Å². The smallest absolute Gasteiger partial charge is 0.343 e. The SMILES string of the molecule is NC1=NC(=O)/C(=C\c2ccc(OC(=O)c3ccc([N+](=O)[O-])cc3)cc2)S1. The highest BCUT2D eigenvalue weighted by molar-refractivity contribution is 8.18. The van der Waals surface area contributed by atoms with E-state index in [-0.39, 0.29) is 22.3 Å². The number of ether oxygens (including phenoxy) is 1. The van der Waals surface area contributed by atoms with E-state index in [4.69, 9.17) is 10.5 Å². The second-order valence-electron chi connectivity index (χ2n) is 5.13. The van der Waals surface area contributed by atoms with Crippen molar-refractivity contribution in [2.75, 3.05) is 0 Å². The summed E-state index contributed by atoms with van der Waals surface area (Å²) < 4.78 is 5.22. The van der Waals surface area contributed by atoms with Crippen molar-refractivity contribution in [1.82, 2.24) is 0 Å². The molecule has 8 nitrogen and oxygen atoms in total. The molecule has 26 heavy (non-hydrogen) atoms. The average molecular weight is 369 g/mol. The fourth-order valence-corrected chi connectivity index (χ4v) is 2.78. The number of benzene rings is 2. The van der Waals surface area contributed by atoms with Crippen molar-refractivity contribution in [3.63, 3.8) is 0 Å². The summed E-state index contributed by atoms with van der Waals surface area (Å²) in [6.07, 6.45) is 1.64. The predicted octanol–water partition coefficient (Wildman–Crippen LogP) is 2.74. The van der Waals surface area contributed by atoms with Gasteiger partial charge in [0.05, 0.1) is 15.4 Å². The number of carbonyl (C=O) groups excluding carboxylic acids is 2. The Morgan fingerprint density at radius 3 is 2.35 bits per heavy atom. The molecule has 0 fully saturated rings. The van der Waals surface area contributed by atoms with Gasteiger partial charge in [-0.3, -0.25) is 14.9 Å². The minimum atomic E-state index is -0.631. The fourth-order valence-electron chi connectivity index (χ4n) is 2.09. The number of non-ortho nitro benzene ring substituents is 1. The highest BCUT2D eigenvalue weighted by Gasteiger charge is 2.19. The minimum Gasteiger partial charge on any atom is -0.423 e. The molecule has 0 unspecified atom stereocenters. The van der Waals surface area contributed by atoms with Gasteiger partial charge in [-0.1, -0.05) is 12.1 Å². The zero-order valence-corrected chi connectivity index (χ0v) is 13.9. The Kier molecular flexibility index (Phi) is 4.81. The maximum absolute atomic E-state index is 12.1. The normalized spacial score (nSPS) is 15.0. The second kappa shape index (κ2) is 7.19. The summed E-state index contributed by atoms with van der Waals surface area (Å²) in [5, 5.41) is 10.8. The number of thioether (sulfide) groups is 1. The molecule has 3 rings (SSSR count). The third-order valence-corrected chi connectivity index (χ3v) is 4.15.